The quantitative estimate of drug-likeness (QED) is 0.837. The van der Waals surface area contributed by atoms with Crippen molar-refractivity contribution in [2.45, 2.75) is 25.9 Å². The maximum absolute atomic E-state index is 13.2. The van der Waals surface area contributed by atoms with Crippen molar-refractivity contribution in [2.24, 2.45) is 5.92 Å². The first-order valence-electron chi connectivity index (χ1n) is 6.21. The van der Waals surface area contributed by atoms with E-state index in [1.807, 2.05) is 0 Å². The predicted molar refractivity (Wildman–Crippen MR) is 75.1 cm³/mol. The monoisotopic (exact) mass is 316 g/mol. The number of hydrogen-bond acceptors (Lipinski definition) is 3. The van der Waals surface area contributed by atoms with Crippen LogP contribution in [0.25, 0.3) is 0 Å². The van der Waals surface area contributed by atoms with Crippen molar-refractivity contribution in [3.05, 3.63) is 22.4 Å². The zero-order chi connectivity index (χ0) is 13.1. The summed E-state index contributed by atoms with van der Waals surface area (Å²) >= 11 is 3.16. The van der Waals surface area contributed by atoms with Crippen LogP contribution in [0, 0.1) is 11.7 Å². The third-order valence-corrected chi connectivity index (χ3v) is 4.00. The first-order valence-corrected chi connectivity index (χ1v) is 7.01. The van der Waals surface area contributed by atoms with E-state index in [0.29, 0.717) is 22.2 Å². The molecule has 0 radical (unpaired) electrons. The van der Waals surface area contributed by atoms with E-state index in [4.69, 9.17) is 10.5 Å². The Kier molecular flexibility index (Phi) is 4.45. The molecule has 2 rings (SSSR count). The third-order valence-electron chi connectivity index (χ3n) is 3.40. The normalized spacial score (nSPS) is 23.3. The highest BCUT2D eigenvalue weighted by atomic mass is 79.9. The molecule has 0 aliphatic carbocycles. The molecule has 2 atom stereocenters. The molecule has 1 aromatic rings. The lowest BCUT2D eigenvalue weighted by molar-refractivity contribution is 0.0900. The summed E-state index contributed by atoms with van der Waals surface area (Å²) in [7, 11) is 0. The van der Waals surface area contributed by atoms with Gasteiger partial charge in [-0.05, 0) is 34.8 Å². The largest absolute Gasteiger partial charge is 0.397 e. The van der Waals surface area contributed by atoms with Gasteiger partial charge < -0.3 is 15.8 Å². The highest BCUT2D eigenvalue weighted by molar-refractivity contribution is 9.10. The van der Waals surface area contributed by atoms with E-state index in [0.717, 1.165) is 31.7 Å². The molecule has 1 aliphatic heterocycles. The Morgan fingerprint density at radius 1 is 1.56 bits per heavy atom. The van der Waals surface area contributed by atoms with Gasteiger partial charge in [0.05, 0.1) is 22.0 Å². The first kappa shape index (κ1) is 13.6. The molecule has 0 bridgehead atoms. The van der Waals surface area contributed by atoms with Crippen LogP contribution in [0.1, 0.15) is 19.8 Å². The minimum atomic E-state index is -0.339. The van der Waals surface area contributed by atoms with E-state index in [-0.39, 0.29) is 5.82 Å². The standard InChI is InChI=1S/C13H18BrFN2O/c1-2-13-8(3-4-18-13)7-17-12-5-9(14)10(15)6-11(12)16/h5-6,8,13,17H,2-4,7,16H2,1H3. The van der Waals surface area contributed by atoms with Crippen LogP contribution in [0.15, 0.2) is 16.6 Å². The van der Waals surface area contributed by atoms with Gasteiger partial charge in [-0.2, -0.15) is 0 Å². The maximum atomic E-state index is 13.2. The molecule has 1 saturated heterocycles. The van der Waals surface area contributed by atoms with Crippen molar-refractivity contribution >= 4 is 27.3 Å². The number of nitrogens with two attached hydrogens (primary N) is 1. The number of halogens is 2. The SMILES string of the molecule is CCC1OCCC1CNc1cc(Br)c(F)cc1N. The van der Waals surface area contributed by atoms with Crippen molar-refractivity contribution < 1.29 is 9.13 Å². The Morgan fingerprint density at radius 2 is 2.33 bits per heavy atom. The summed E-state index contributed by atoms with van der Waals surface area (Å²) in [5, 5.41) is 3.29. The molecule has 0 spiro atoms. The van der Waals surface area contributed by atoms with E-state index in [2.05, 4.69) is 28.2 Å². The molecule has 1 aromatic carbocycles. The summed E-state index contributed by atoms with van der Waals surface area (Å²) < 4.78 is 19.3. The fraction of sp³-hybridized carbons (Fsp3) is 0.538. The fourth-order valence-corrected chi connectivity index (χ4v) is 2.68. The van der Waals surface area contributed by atoms with Gasteiger partial charge >= 0.3 is 0 Å². The zero-order valence-electron chi connectivity index (χ0n) is 10.4. The van der Waals surface area contributed by atoms with E-state index < -0.39 is 0 Å². The van der Waals surface area contributed by atoms with Gasteiger partial charge in [0.25, 0.3) is 0 Å². The number of anilines is 2. The lowest BCUT2D eigenvalue weighted by atomic mass is 9.99. The minimum Gasteiger partial charge on any atom is -0.397 e. The molecule has 0 saturated carbocycles. The van der Waals surface area contributed by atoms with Gasteiger partial charge in [-0.15, -0.1) is 0 Å². The van der Waals surface area contributed by atoms with Gasteiger partial charge in [0.15, 0.2) is 0 Å². The van der Waals surface area contributed by atoms with E-state index in [9.17, 15) is 4.39 Å². The fourth-order valence-electron chi connectivity index (χ4n) is 2.33. The van der Waals surface area contributed by atoms with Gasteiger partial charge in [-0.3, -0.25) is 0 Å². The van der Waals surface area contributed by atoms with E-state index in [1.165, 1.54) is 6.07 Å². The predicted octanol–water partition coefficient (Wildman–Crippen LogP) is 3.40. The smallest absolute Gasteiger partial charge is 0.139 e. The number of benzene rings is 1. The molecule has 100 valence electrons. The van der Waals surface area contributed by atoms with Crippen LogP contribution in [0.4, 0.5) is 15.8 Å². The highest BCUT2D eigenvalue weighted by Gasteiger charge is 2.26. The Hall–Kier alpha value is -0.810. The summed E-state index contributed by atoms with van der Waals surface area (Å²) in [5.41, 5.74) is 6.99. The molecular weight excluding hydrogens is 299 g/mol. The highest BCUT2D eigenvalue weighted by Crippen LogP contribution is 2.28. The number of nitrogens with one attached hydrogen (secondary N) is 1. The Labute approximate surface area is 115 Å². The second-order valence-corrected chi connectivity index (χ2v) is 5.46. The molecular formula is C13H18BrFN2O. The van der Waals surface area contributed by atoms with Crippen molar-refractivity contribution in [3.8, 4) is 0 Å². The van der Waals surface area contributed by atoms with Crippen molar-refractivity contribution in [2.75, 3.05) is 24.2 Å². The van der Waals surface area contributed by atoms with Crippen LogP contribution in [0.5, 0.6) is 0 Å². The van der Waals surface area contributed by atoms with Crippen LogP contribution >= 0.6 is 15.9 Å². The molecule has 3 nitrogen and oxygen atoms in total. The summed E-state index contributed by atoms with van der Waals surface area (Å²) in [6.07, 6.45) is 2.41. The Balaban J connectivity index is 2.00. The van der Waals surface area contributed by atoms with Crippen molar-refractivity contribution in [1.82, 2.24) is 0 Å². The van der Waals surface area contributed by atoms with Gasteiger partial charge in [0, 0.05) is 25.1 Å². The van der Waals surface area contributed by atoms with Gasteiger partial charge in [-0.25, -0.2) is 4.39 Å². The Morgan fingerprint density at radius 3 is 3.06 bits per heavy atom. The first-order chi connectivity index (χ1) is 8.61. The molecule has 18 heavy (non-hydrogen) atoms. The zero-order valence-corrected chi connectivity index (χ0v) is 12.0. The van der Waals surface area contributed by atoms with E-state index in [1.54, 1.807) is 6.07 Å². The lowest BCUT2D eigenvalue weighted by Gasteiger charge is -2.19. The van der Waals surface area contributed by atoms with Crippen molar-refractivity contribution in [3.63, 3.8) is 0 Å². The number of hydrogen-bond donors (Lipinski definition) is 2. The molecule has 1 fully saturated rings. The number of ether oxygens (including phenoxy) is 1. The molecule has 1 heterocycles. The lowest BCUT2D eigenvalue weighted by Crippen LogP contribution is -2.23. The van der Waals surface area contributed by atoms with Gasteiger partial charge in [-0.1, -0.05) is 6.92 Å². The summed E-state index contributed by atoms with van der Waals surface area (Å²) in [6.45, 7) is 3.76. The van der Waals surface area contributed by atoms with Crippen LogP contribution in [0.3, 0.4) is 0 Å². The molecule has 1 aliphatic rings. The molecule has 5 heteroatoms. The maximum Gasteiger partial charge on any atom is 0.139 e. The van der Waals surface area contributed by atoms with Crippen molar-refractivity contribution in [1.29, 1.82) is 0 Å². The minimum absolute atomic E-state index is 0.322. The average molecular weight is 317 g/mol. The summed E-state index contributed by atoms with van der Waals surface area (Å²) in [4.78, 5) is 0. The topological polar surface area (TPSA) is 47.3 Å². The number of rotatable bonds is 4. The average Bonchev–Trinajstić information content (AvgIpc) is 2.79. The van der Waals surface area contributed by atoms with Gasteiger partial charge in [0.1, 0.15) is 5.82 Å². The van der Waals surface area contributed by atoms with Crippen LogP contribution < -0.4 is 11.1 Å². The molecule has 2 unspecified atom stereocenters. The molecule has 3 N–H and O–H groups in total. The van der Waals surface area contributed by atoms with Crippen LogP contribution in [-0.2, 0) is 4.74 Å². The summed E-state index contributed by atoms with van der Waals surface area (Å²) in [6, 6.07) is 3.01. The molecule has 0 amide bonds. The Bertz CT molecular complexity index is 428. The van der Waals surface area contributed by atoms with Crippen LogP contribution in [-0.4, -0.2) is 19.3 Å². The second-order valence-electron chi connectivity index (χ2n) is 4.60. The van der Waals surface area contributed by atoms with E-state index >= 15 is 0 Å². The van der Waals surface area contributed by atoms with Gasteiger partial charge in [0.2, 0.25) is 0 Å². The third kappa shape index (κ3) is 2.95. The summed E-state index contributed by atoms with van der Waals surface area (Å²) in [5.74, 6) is 0.159. The number of nitrogen functional groups attached to an aromatic ring is 1. The molecule has 0 aromatic heterocycles. The van der Waals surface area contributed by atoms with Crippen LogP contribution in [0.2, 0.25) is 0 Å². The second kappa shape index (κ2) is 5.89.